The number of carboxylic acids is 1. The second kappa shape index (κ2) is 8.59. The first-order valence-corrected chi connectivity index (χ1v) is 11.3. The SMILES string of the molecule is Cc1nc(-c2ccc(C(F)(F)F)cc2)sc1CSc1ccc2nc(CC(=O)O)oc2c1C. The highest BCUT2D eigenvalue weighted by atomic mass is 32.2. The molecule has 0 spiro atoms. The van der Waals surface area contributed by atoms with E-state index in [2.05, 4.69) is 9.97 Å². The standard InChI is InChI=1S/C22H17F3N2O3S2/c1-11-16(8-7-15-20(11)30-18(27-15)9-19(28)29)31-10-17-12(2)26-21(32-17)13-3-5-14(6-4-13)22(23,24)25/h3-8H,9-10H2,1-2H3,(H,28,29). The van der Waals surface area contributed by atoms with E-state index in [9.17, 15) is 18.0 Å². The molecule has 32 heavy (non-hydrogen) atoms. The van der Waals surface area contributed by atoms with E-state index in [1.165, 1.54) is 23.5 Å². The van der Waals surface area contributed by atoms with Gasteiger partial charge >= 0.3 is 12.1 Å². The van der Waals surface area contributed by atoms with Crippen molar-refractivity contribution in [3.05, 3.63) is 64.0 Å². The maximum absolute atomic E-state index is 12.8. The summed E-state index contributed by atoms with van der Waals surface area (Å²) in [6.07, 6.45) is -4.64. The predicted molar refractivity (Wildman–Crippen MR) is 117 cm³/mol. The first kappa shape index (κ1) is 22.3. The Morgan fingerprint density at radius 3 is 2.50 bits per heavy atom. The highest BCUT2D eigenvalue weighted by Gasteiger charge is 2.30. The van der Waals surface area contributed by atoms with Gasteiger partial charge in [-0.15, -0.1) is 23.1 Å². The summed E-state index contributed by atoms with van der Waals surface area (Å²) in [5.74, 6) is -0.211. The molecule has 2 heterocycles. The molecule has 0 aliphatic heterocycles. The predicted octanol–water partition coefficient (Wildman–Crippen LogP) is 6.51. The summed E-state index contributed by atoms with van der Waals surface area (Å²) in [5, 5.41) is 9.60. The molecule has 2 aromatic heterocycles. The first-order valence-electron chi connectivity index (χ1n) is 9.49. The average Bonchev–Trinajstić information content (AvgIpc) is 3.30. The number of thiazole rings is 1. The summed E-state index contributed by atoms with van der Waals surface area (Å²) in [5.41, 5.74) is 2.85. The van der Waals surface area contributed by atoms with E-state index in [0.717, 1.165) is 33.2 Å². The van der Waals surface area contributed by atoms with Crippen LogP contribution in [0.2, 0.25) is 0 Å². The summed E-state index contributed by atoms with van der Waals surface area (Å²) in [4.78, 5) is 21.6. The van der Waals surface area contributed by atoms with Crippen molar-refractivity contribution in [3.8, 4) is 10.6 Å². The van der Waals surface area contributed by atoms with Crippen LogP contribution in [0.1, 0.15) is 27.6 Å². The molecule has 0 fully saturated rings. The summed E-state index contributed by atoms with van der Waals surface area (Å²) >= 11 is 3.04. The monoisotopic (exact) mass is 478 g/mol. The fourth-order valence-corrected chi connectivity index (χ4v) is 5.39. The molecule has 0 bridgehead atoms. The Labute approximate surface area is 189 Å². The third-order valence-electron chi connectivity index (χ3n) is 4.81. The third-order valence-corrected chi connectivity index (χ3v) is 7.39. The van der Waals surface area contributed by atoms with Crippen LogP contribution in [-0.2, 0) is 23.1 Å². The van der Waals surface area contributed by atoms with E-state index < -0.39 is 17.7 Å². The van der Waals surface area contributed by atoms with Gasteiger partial charge in [0.2, 0.25) is 5.89 Å². The molecule has 5 nitrogen and oxygen atoms in total. The van der Waals surface area contributed by atoms with Crippen LogP contribution in [0.15, 0.2) is 45.7 Å². The van der Waals surface area contributed by atoms with Gasteiger partial charge in [0, 0.05) is 26.7 Å². The molecule has 0 atom stereocenters. The Morgan fingerprint density at radius 2 is 1.84 bits per heavy atom. The third kappa shape index (κ3) is 4.66. The molecular weight excluding hydrogens is 461 g/mol. The number of aryl methyl sites for hydroxylation is 2. The molecule has 0 unspecified atom stereocenters. The van der Waals surface area contributed by atoms with Gasteiger partial charge in [-0.05, 0) is 38.1 Å². The second-order valence-corrected chi connectivity index (χ2v) is 9.21. The number of halogens is 3. The number of benzene rings is 2. The van der Waals surface area contributed by atoms with Crippen LogP contribution in [0, 0.1) is 13.8 Å². The Morgan fingerprint density at radius 1 is 1.12 bits per heavy atom. The van der Waals surface area contributed by atoms with Crippen LogP contribution in [0.4, 0.5) is 13.2 Å². The van der Waals surface area contributed by atoms with Crippen molar-refractivity contribution in [2.75, 3.05) is 0 Å². The largest absolute Gasteiger partial charge is 0.481 e. The van der Waals surface area contributed by atoms with Crippen molar-refractivity contribution in [1.82, 2.24) is 9.97 Å². The zero-order valence-corrected chi connectivity index (χ0v) is 18.6. The highest BCUT2D eigenvalue weighted by Crippen LogP contribution is 2.37. The number of thioether (sulfide) groups is 1. The van der Waals surface area contributed by atoms with Crippen molar-refractivity contribution in [1.29, 1.82) is 0 Å². The Hall–Kier alpha value is -2.85. The Bertz CT molecular complexity index is 1290. The fraction of sp³-hybridized carbons (Fsp3) is 0.227. The molecular formula is C22H17F3N2O3S2. The minimum Gasteiger partial charge on any atom is -0.481 e. The molecule has 0 saturated heterocycles. The van der Waals surface area contributed by atoms with Crippen molar-refractivity contribution in [3.63, 3.8) is 0 Å². The maximum atomic E-state index is 12.8. The lowest BCUT2D eigenvalue weighted by Crippen LogP contribution is -2.03. The number of rotatable bonds is 6. The molecule has 0 aliphatic rings. The van der Waals surface area contributed by atoms with Crippen LogP contribution in [0.25, 0.3) is 21.7 Å². The van der Waals surface area contributed by atoms with Crippen LogP contribution >= 0.6 is 23.1 Å². The zero-order valence-electron chi connectivity index (χ0n) is 17.0. The molecule has 0 saturated carbocycles. The van der Waals surface area contributed by atoms with Gasteiger partial charge < -0.3 is 9.52 Å². The van der Waals surface area contributed by atoms with Crippen molar-refractivity contribution < 1.29 is 27.5 Å². The zero-order chi connectivity index (χ0) is 23.0. The maximum Gasteiger partial charge on any atom is 0.416 e. The smallest absolute Gasteiger partial charge is 0.416 e. The Balaban J connectivity index is 1.52. The number of aliphatic carboxylic acids is 1. The molecule has 166 valence electrons. The summed E-state index contributed by atoms with van der Waals surface area (Å²) < 4.78 is 44.0. The van der Waals surface area contributed by atoms with Gasteiger partial charge in [0.1, 0.15) is 16.9 Å². The molecule has 10 heteroatoms. The number of carboxylic acid groups (broad SMARTS) is 1. The van der Waals surface area contributed by atoms with Crippen molar-refractivity contribution in [2.24, 2.45) is 0 Å². The summed E-state index contributed by atoms with van der Waals surface area (Å²) in [6, 6.07) is 8.73. The topological polar surface area (TPSA) is 76.2 Å². The van der Waals surface area contributed by atoms with Crippen molar-refractivity contribution in [2.45, 2.75) is 37.1 Å². The molecule has 4 aromatic rings. The number of oxazole rings is 1. The summed E-state index contributed by atoms with van der Waals surface area (Å²) in [6.45, 7) is 3.78. The van der Waals surface area contributed by atoms with Gasteiger partial charge in [-0.2, -0.15) is 13.2 Å². The number of hydrogen-bond donors (Lipinski definition) is 1. The fourth-order valence-electron chi connectivity index (χ4n) is 3.14. The van der Waals surface area contributed by atoms with Gasteiger partial charge in [-0.25, -0.2) is 9.97 Å². The molecule has 2 aromatic carbocycles. The van der Waals surface area contributed by atoms with Gasteiger partial charge in [0.05, 0.1) is 11.3 Å². The quantitative estimate of drug-likeness (QED) is 0.319. The van der Waals surface area contributed by atoms with Crippen LogP contribution in [-0.4, -0.2) is 21.0 Å². The van der Waals surface area contributed by atoms with Crippen LogP contribution in [0.5, 0.6) is 0 Å². The van der Waals surface area contributed by atoms with Crippen LogP contribution in [0.3, 0.4) is 0 Å². The van der Waals surface area contributed by atoms with E-state index in [1.807, 2.05) is 19.9 Å². The number of fused-ring (bicyclic) bond motifs is 1. The Kier molecular flexibility index (Phi) is 6.00. The number of carbonyl (C=O) groups is 1. The summed E-state index contributed by atoms with van der Waals surface area (Å²) in [7, 11) is 0. The molecule has 1 N–H and O–H groups in total. The van der Waals surface area contributed by atoms with E-state index in [1.54, 1.807) is 17.8 Å². The number of aromatic nitrogens is 2. The number of alkyl halides is 3. The molecule has 0 radical (unpaired) electrons. The molecule has 0 aliphatic carbocycles. The van der Waals surface area contributed by atoms with E-state index in [-0.39, 0.29) is 12.3 Å². The van der Waals surface area contributed by atoms with Crippen LogP contribution < -0.4 is 0 Å². The van der Waals surface area contributed by atoms with E-state index >= 15 is 0 Å². The normalized spacial score (nSPS) is 11.9. The first-order chi connectivity index (χ1) is 15.1. The average molecular weight is 479 g/mol. The van der Waals surface area contributed by atoms with E-state index in [4.69, 9.17) is 9.52 Å². The lowest BCUT2D eigenvalue weighted by Gasteiger charge is -2.06. The highest BCUT2D eigenvalue weighted by molar-refractivity contribution is 7.98. The lowest BCUT2D eigenvalue weighted by molar-refractivity contribution is -0.138. The van der Waals surface area contributed by atoms with E-state index in [0.29, 0.717) is 27.4 Å². The van der Waals surface area contributed by atoms with Gasteiger partial charge in [0.25, 0.3) is 0 Å². The lowest BCUT2D eigenvalue weighted by atomic mass is 10.1. The molecule has 0 amide bonds. The number of hydrogen-bond acceptors (Lipinski definition) is 6. The minimum absolute atomic E-state index is 0.164. The van der Waals surface area contributed by atoms with Gasteiger partial charge in [-0.1, -0.05) is 12.1 Å². The van der Waals surface area contributed by atoms with Gasteiger partial charge in [0.15, 0.2) is 5.58 Å². The minimum atomic E-state index is -4.37. The molecule has 4 rings (SSSR count). The second-order valence-electron chi connectivity index (χ2n) is 7.11. The van der Waals surface area contributed by atoms with Crippen molar-refractivity contribution >= 4 is 40.2 Å². The van der Waals surface area contributed by atoms with Gasteiger partial charge in [-0.3, -0.25) is 4.79 Å². The number of nitrogens with zero attached hydrogens (tertiary/aromatic N) is 2.